The van der Waals surface area contributed by atoms with Crippen LogP contribution < -0.4 is 10.2 Å². The molecular weight excluding hydrogens is 372 g/mol. The number of anilines is 3. The molecule has 4 aromatic rings. The van der Waals surface area contributed by atoms with Gasteiger partial charge in [-0.2, -0.15) is 15.1 Å². The lowest BCUT2D eigenvalue weighted by Gasteiger charge is -2.30. The number of aryl methyl sites for hydroxylation is 1. The van der Waals surface area contributed by atoms with Gasteiger partial charge in [-0.15, -0.1) is 0 Å². The second kappa shape index (κ2) is 7.78. The number of benzene rings is 2. The third kappa shape index (κ3) is 3.61. The van der Waals surface area contributed by atoms with Crippen LogP contribution in [0.4, 0.5) is 17.5 Å². The van der Waals surface area contributed by atoms with Gasteiger partial charge in [-0.05, 0) is 49.9 Å². The Bertz CT molecular complexity index is 1140. The van der Waals surface area contributed by atoms with Crippen LogP contribution in [0.5, 0.6) is 0 Å². The van der Waals surface area contributed by atoms with E-state index in [0.29, 0.717) is 0 Å². The molecule has 1 aliphatic rings. The molecule has 30 heavy (non-hydrogen) atoms. The third-order valence-corrected chi connectivity index (χ3v) is 5.80. The van der Waals surface area contributed by atoms with Gasteiger partial charge in [0.15, 0.2) is 5.65 Å². The van der Waals surface area contributed by atoms with Crippen molar-refractivity contribution in [1.29, 1.82) is 0 Å². The molecule has 0 atom stereocenters. The Kier molecular flexibility index (Phi) is 4.83. The topological polar surface area (TPSA) is 58.9 Å². The maximum Gasteiger partial charge on any atom is 0.229 e. The van der Waals surface area contributed by atoms with Crippen molar-refractivity contribution in [1.82, 2.24) is 19.7 Å². The molecule has 0 spiro atoms. The fourth-order valence-corrected chi connectivity index (χ4v) is 3.87. The van der Waals surface area contributed by atoms with Crippen LogP contribution in [-0.4, -0.2) is 32.8 Å². The molecule has 0 amide bonds. The Morgan fingerprint density at radius 2 is 1.67 bits per heavy atom. The average molecular weight is 399 g/mol. The van der Waals surface area contributed by atoms with Crippen molar-refractivity contribution < 1.29 is 0 Å². The highest BCUT2D eigenvalue weighted by atomic mass is 15.3. The van der Waals surface area contributed by atoms with Crippen molar-refractivity contribution in [2.75, 3.05) is 23.3 Å². The maximum absolute atomic E-state index is 4.95. The molecular formula is C24H26N6. The van der Waals surface area contributed by atoms with Gasteiger partial charge in [0.25, 0.3) is 0 Å². The van der Waals surface area contributed by atoms with Crippen LogP contribution in [0.25, 0.3) is 16.7 Å². The molecule has 0 aliphatic carbocycles. The highest BCUT2D eigenvalue weighted by molar-refractivity contribution is 5.90. The minimum atomic E-state index is 0.755. The van der Waals surface area contributed by atoms with Gasteiger partial charge in [0.05, 0.1) is 17.3 Å². The van der Waals surface area contributed by atoms with Crippen LogP contribution in [0.1, 0.15) is 25.3 Å². The predicted molar refractivity (Wildman–Crippen MR) is 122 cm³/mol. The van der Waals surface area contributed by atoms with Crippen LogP contribution in [-0.2, 0) is 0 Å². The SMILES string of the molecule is Cc1ccc(Nc2nc(N3CCC(C)CC3)nc3c2cnn3-c2ccccc2)cc1. The molecule has 1 N–H and O–H groups in total. The van der Waals surface area contributed by atoms with E-state index >= 15 is 0 Å². The summed E-state index contributed by atoms with van der Waals surface area (Å²) in [6, 6.07) is 18.5. The van der Waals surface area contributed by atoms with Gasteiger partial charge in [-0.3, -0.25) is 0 Å². The number of piperidine rings is 1. The van der Waals surface area contributed by atoms with Crippen LogP contribution in [0.3, 0.4) is 0 Å². The smallest absolute Gasteiger partial charge is 0.229 e. The van der Waals surface area contributed by atoms with Gasteiger partial charge in [-0.25, -0.2) is 4.68 Å². The fourth-order valence-electron chi connectivity index (χ4n) is 3.87. The lowest BCUT2D eigenvalue weighted by molar-refractivity contribution is 0.434. The number of nitrogens with zero attached hydrogens (tertiary/aromatic N) is 5. The molecule has 6 heteroatoms. The van der Waals surface area contributed by atoms with Gasteiger partial charge in [0.2, 0.25) is 5.95 Å². The fraction of sp³-hybridized carbons (Fsp3) is 0.292. The summed E-state index contributed by atoms with van der Waals surface area (Å²) >= 11 is 0. The van der Waals surface area contributed by atoms with E-state index in [2.05, 4.69) is 53.4 Å². The van der Waals surface area contributed by atoms with Crippen LogP contribution >= 0.6 is 0 Å². The Labute approximate surface area is 176 Å². The number of hydrogen-bond acceptors (Lipinski definition) is 5. The number of hydrogen-bond donors (Lipinski definition) is 1. The van der Waals surface area contributed by atoms with Crippen LogP contribution in [0, 0.1) is 12.8 Å². The summed E-state index contributed by atoms with van der Waals surface area (Å²) < 4.78 is 1.90. The lowest BCUT2D eigenvalue weighted by atomic mass is 10.00. The monoisotopic (exact) mass is 398 g/mol. The first-order valence-corrected chi connectivity index (χ1v) is 10.6. The standard InChI is InChI=1S/C24H26N6/c1-17-8-10-19(11-9-17)26-22-21-16-25-30(20-6-4-3-5-7-20)23(21)28-24(27-22)29-14-12-18(2)13-15-29/h3-11,16,18H,12-15H2,1-2H3,(H,26,27,28). The summed E-state index contributed by atoms with van der Waals surface area (Å²) in [6.45, 7) is 6.37. The Balaban J connectivity index is 1.61. The van der Waals surface area contributed by atoms with Crippen LogP contribution in [0.15, 0.2) is 60.8 Å². The summed E-state index contributed by atoms with van der Waals surface area (Å²) in [5.41, 5.74) is 4.05. The zero-order valence-electron chi connectivity index (χ0n) is 17.4. The molecule has 2 aromatic carbocycles. The van der Waals surface area contributed by atoms with Crippen molar-refractivity contribution in [3.8, 4) is 5.69 Å². The lowest BCUT2D eigenvalue weighted by Crippen LogP contribution is -2.34. The molecule has 0 unspecified atom stereocenters. The second-order valence-corrected chi connectivity index (χ2v) is 8.16. The molecule has 1 aliphatic heterocycles. The van der Waals surface area contributed by atoms with E-state index in [1.807, 2.05) is 41.2 Å². The van der Waals surface area contributed by atoms with Gasteiger partial charge in [0, 0.05) is 18.8 Å². The molecule has 0 bridgehead atoms. The normalized spacial score (nSPS) is 14.9. The minimum absolute atomic E-state index is 0.755. The van der Waals surface area contributed by atoms with E-state index < -0.39 is 0 Å². The first-order valence-electron chi connectivity index (χ1n) is 10.6. The molecule has 1 fully saturated rings. The van der Waals surface area contributed by atoms with Crippen molar-refractivity contribution in [3.63, 3.8) is 0 Å². The van der Waals surface area contributed by atoms with E-state index in [-0.39, 0.29) is 0 Å². The van der Waals surface area contributed by atoms with Crippen molar-refractivity contribution in [2.45, 2.75) is 26.7 Å². The summed E-state index contributed by atoms with van der Waals surface area (Å²) in [7, 11) is 0. The van der Waals surface area contributed by atoms with Gasteiger partial charge in [0.1, 0.15) is 5.82 Å². The van der Waals surface area contributed by atoms with E-state index in [4.69, 9.17) is 9.97 Å². The summed E-state index contributed by atoms with van der Waals surface area (Å²) in [4.78, 5) is 12.2. The predicted octanol–water partition coefficient (Wildman–Crippen LogP) is 5.10. The number of fused-ring (bicyclic) bond motifs is 1. The van der Waals surface area contributed by atoms with E-state index in [1.165, 1.54) is 18.4 Å². The van der Waals surface area contributed by atoms with Gasteiger partial charge >= 0.3 is 0 Å². The first-order chi connectivity index (χ1) is 14.7. The van der Waals surface area contributed by atoms with Gasteiger partial charge < -0.3 is 10.2 Å². The molecule has 0 radical (unpaired) electrons. The Hall–Kier alpha value is -3.41. The zero-order valence-corrected chi connectivity index (χ0v) is 17.4. The molecule has 0 saturated carbocycles. The molecule has 6 nitrogen and oxygen atoms in total. The highest BCUT2D eigenvalue weighted by Gasteiger charge is 2.21. The maximum atomic E-state index is 4.95. The van der Waals surface area contributed by atoms with Crippen LogP contribution in [0.2, 0.25) is 0 Å². The molecule has 1 saturated heterocycles. The van der Waals surface area contributed by atoms with Crippen molar-refractivity contribution >= 4 is 28.5 Å². The molecule has 152 valence electrons. The van der Waals surface area contributed by atoms with E-state index in [0.717, 1.165) is 53.2 Å². The van der Waals surface area contributed by atoms with E-state index in [1.54, 1.807) is 0 Å². The number of rotatable bonds is 4. The Morgan fingerprint density at radius 3 is 2.40 bits per heavy atom. The van der Waals surface area contributed by atoms with Gasteiger partial charge in [-0.1, -0.05) is 42.8 Å². The Morgan fingerprint density at radius 1 is 0.933 bits per heavy atom. The van der Waals surface area contributed by atoms with Crippen molar-refractivity contribution in [3.05, 3.63) is 66.4 Å². The first kappa shape index (κ1) is 18.6. The summed E-state index contributed by atoms with van der Waals surface area (Å²) in [5, 5.41) is 9.04. The average Bonchev–Trinajstić information content (AvgIpc) is 3.21. The quantitative estimate of drug-likeness (QED) is 0.518. The zero-order chi connectivity index (χ0) is 20.5. The summed E-state index contributed by atoms with van der Waals surface area (Å²) in [6.07, 6.45) is 4.18. The molecule has 3 heterocycles. The number of aromatic nitrogens is 4. The molecule has 5 rings (SSSR count). The largest absolute Gasteiger partial charge is 0.341 e. The minimum Gasteiger partial charge on any atom is -0.341 e. The molecule has 2 aromatic heterocycles. The number of para-hydroxylation sites is 1. The summed E-state index contributed by atoms with van der Waals surface area (Å²) in [5.74, 6) is 2.31. The van der Waals surface area contributed by atoms with E-state index in [9.17, 15) is 0 Å². The van der Waals surface area contributed by atoms with Crippen molar-refractivity contribution in [2.24, 2.45) is 5.92 Å². The number of nitrogens with one attached hydrogen (secondary N) is 1. The third-order valence-electron chi connectivity index (χ3n) is 5.80. The second-order valence-electron chi connectivity index (χ2n) is 8.16. The highest BCUT2D eigenvalue weighted by Crippen LogP contribution is 2.29.